The molecule has 0 atom stereocenters. The zero-order valence-corrected chi connectivity index (χ0v) is 14.2. The molecule has 0 bridgehead atoms. The maximum Gasteiger partial charge on any atom is 0.0704 e. The molecule has 4 nitrogen and oxygen atoms in total. The van der Waals surface area contributed by atoms with Crippen molar-refractivity contribution in [3.63, 3.8) is 0 Å². The minimum Gasteiger partial charge on any atom is -0.379 e. The van der Waals surface area contributed by atoms with E-state index in [1.807, 2.05) is 0 Å². The van der Waals surface area contributed by atoms with Crippen molar-refractivity contribution in [2.24, 2.45) is 0 Å². The number of hydrogen-bond donors (Lipinski definition) is 0. The number of unbranched alkanes of at least 4 members (excludes halogenated alkanes) is 1. The Hall–Kier alpha value is -0.420. The minimum atomic E-state index is 0.614. The second kappa shape index (κ2) is 17.6. The molecule has 0 unspecified atom stereocenters. The largest absolute Gasteiger partial charge is 0.379 e. The maximum absolute atomic E-state index is 5.47. The monoisotopic (exact) mass is 302 g/mol. The Kier molecular flexibility index (Phi) is 17.3. The van der Waals surface area contributed by atoms with Gasteiger partial charge in [-0.2, -0.15) is 0 Å². The van der Waals surface area contributed by atoms with E-state index in [1.165, 1.54) is 18.4 Å². The molecule has 21 heavy (non-hydrogen) atoms. The van der Waals surface area contributed by atoms with Gasteiger partial charge in [-0.3, -0.25) is 0 Å². The van der Waals surface area contributed by atoms with Crippen LogP contribution in [0.3, 0.4) is 0 Å². The molecule has 0 aliphatic rings. The van der Waals surface area contributed by atoms with Gasteiger partial charge >= 0.3 is 0 Å². The SMILES string of the molecule is CCCCOCCOCCOCCOC/C=C(\C)CCC. The van der Waals surface area contributed by atoms with E-state index in [0.29, 0.717) is 46.2 Å². The van der Waals surface area contributed by atoms with Crippen LogP contribution in [0.1, 0.15) is 46.5 Å². The van der Waals surface area contributed by atoms with E-state index in [2.05, 4.69) is 26.8 Å². The normalized spacial score (nSPS) is 12.0. The van der Waals surface area contributed by atoms with Gasteiger partial charge in [0.25, 0.3) is 0 Å². The molecule has 0 aliphatic carbocycles. The quantitative estimate of drug-likeness (QED) is 0.322. The lowest BCUT2D eigenvalue weighted by molar-refractivity contribution is 0.000596. The lowest BCUT2D eigenvalue weighted by Crippen LogP contribution is -2.12. The van der Waals surface area contributed by atoms with Crippen LogP contribution >= 0.6 is 0 Å². The molecule has 0 aromatic heterocycles. The number of allylic oxidation sites excluding steroid dienone is 1. The fourth-order valence-electron chi connectivity index (χ4n) is 1.69. The topological polar surface area (TPSA) is 36.9 Å². The first-order valence-corrected chi connectivity index (χ1v) is 8.27. The smallest absolute Gasteiger partial charge is 0.0704 e. The molecule has 0 radical (unpaired) electrons. The van der Waals surface area contributed by atoms with Crippen LogP contribution in [0.15, 0.2) is 11.6 Å². The zero-order valence-electron chi connectivity index (χ0n) is 14.2. The van der Waals surface area contributed by atoms with Crippen LogP contribution in [0.25, 0.3) is 0 Å². The molecule has 0 fully saturated rings. The average molecular weight is 302 g/mol. The first-order valence-electron chi connectivity index (χ1n) is 8.27. The third-order valence-corrected chi connectivity index (χ3v) is 2.95. The van der Waals surface area contributed by atoms with Gasteiger partial charge < -0.3 is 18.9 Å². The Balaban J connectivity index is 3.07. The maximum atomic E-state index is 5.47. The van der Waals surface area contributed by atoms with Crippen LogP contribution < -0.4 is 0 Å². The van der Waals surface area contributed by atoms with Crippen LogP contribution in [0, 0.1) is 0 Å². The summed E-state index contributed by atoms with van der Waals surface area (Å²) in [5.74, 6) is 0. The predicted octanol–water partition coefficient (Wildman–Crippen LogP) is 3.60. The van der Waals surface area contributed by atoms with E-state index in [9.17, 15) is 0 Å². The Morgan fingerprint density at radius 1 is 0.714 bits per heavy atom. The second-order valence-electron chi connectivity index (χ2n) is 5.07. The molecule has 0 saturated carbocycles. The van der Waals surface area contributed by atoms with E-state index >= 15 is 0 Å². The molecule has 4 heteroatoms. The molecule has 0 heterocycles. The summed E-state index contributed by atoms with van der Waals surface area (Å²) in [6, 6.07) is 0. The summed E-state index contributed by atoms with van der Waals surface area (Å²) in [6.07, 6.45) is 6.78. The van der Waals surface area contributed by atoms with Gasteiger partial charge in [-0.25, -0.2) is 0 Å². The Morgan fingerprint density at radius 3 is 1.76 bits per heavy atom. The zero-order chi connectivity index (χ0) is 15.6. The molecule has 0 aromatic rings. The summed E-state index contributed by atoms with van der Waals surface area (Å²) in [4.78, 5) is 0. The Bertz CT molecular complexity index is 229. The van der Waals surface area contributed by atoms with Gasteiger partial charge in [0, 0.05) is 6.61 Å². The lowest BCUT2D eigenvalue weighted by Gasteiger charge is -2.07. The van der Waals surface area contributed by atoms with Gasteiger partial charge in [0.05, 0.1) is 46.2 Å². The van der Waals surface area contributed by atoms with E-state index in [4.69, 9.17) is 18.9 Å². The molecule has 0 rings (SSSR count). The van der Waals surface area contributed by atoms with Crippen molar-refractivity contribution in [2.75, 3.05) is 52.9 Å². The molecule has 0 saturated heterocycles. The third kappa shape index (κ3) is 17.5. The summed E-state index contributed by atoms with van der Waals surface area (Å²) >= 11 is 0. The Labute approximate surface area is 130 Å². The van der Waals surface area contributed by atoms with Crippen LogP contribution in [-0.4, -0.2) is 52.9 Å². The van der Waals surface area contributed by atoms with Crippen LogP contribution in [0.2, 0.25) is 0 Å². The van der Waals surface area contributed by atoms with E-state index in [0.717, 1.165) is 19.4 Å². The molecular formula is C17H34O4. The molecule has 0 spiro atoms. The fourth-order valence-corrected chi connectivity index (χ4v) is 1.69. The molecule has 0 aliphatic heterocycles. The van der Waals surface area contributed by atoms with Gasteiger partial charge in [0.15, 0.2) is 0 Å². The van der Waals surface area contributed by atoms with Crippen molar-refractivity contribution in [3.8, 4) is 0 Å². The van der Waals surface area contributed by atoms with Gasteiger partial charge in [0.1, 0.15) is 0 Å². The highest BCUT2D eigenvalue weighted by atomic mass is 16.6. The molecule has 126 valence electrons. The van der Waals surface area contributed by atoms with Crippen LogP contribution in [-0.2, 0) is 18.9 Å². The van der Waals surface area contributed by atoms with E-state index < -0.39 is 0 Å². The van der Waals surface area contributed by atoms with E-state index in [-0.39, 0.29) is 0 Å². The van der Waals surface area contributed by atoms with Crippen LogP contribution in [0.4, 0.5) is 0 Å². The average Bonchev–Trinajstić information content (AvgIpc) is 2.48. The summed E-state index contributed by atoms with van der Waals surface area (Å²) in [7, 11) is 0. The van der Waals surface area contributed by atoms with Crippen molar-refractivity contribution in [2.45, 2.75) is 46.5 Å². The molecule has 0 aromatic carbocycles. The van der Waals surface area contributed by atoms with Crippen LogP contribution in [0.5, 0.6) is 0 Å². The molecular weight excluding hydrogens is 268 g/mol. The van der Waals surface area contributed by atoms with Crippen molar-refractivity contribution in [1.29, 1.82) is 0 Å². The van der Waals surface area contributed by atoms with Crippen molar-refractivity contribution in [3.05, 3.63) is 11.6 Å². The first kappa shape index (κ1) is 20.6. The summed E-state index contributed by atoms with van der Waals surface area (Å²) in [5.41, 5.74) is 1.40. The van der Waals surface area contributed by atoms with E-state index in [1.54, 1.807) is 0 Å². The number of rotatable bonds is 16. The van der Waals surface area contributed by atoms with Crippen molar-refractivity contribution in [1.82, 2.24) is 0 Å². The second-order valence-corrected chi connectivity index (χ2v) is 5.07. The van der Waals surface area contributed by atoms with Crippen molar-refractivity contribution >= 4 is 0 Å². The summed E-state index contributed by atoms with van der Waals surface area (Å²) in [6.45, 7) is 11.8. The molecule has 0 amide bonds. The summed E-state index contributed by atoms with van der Waals surface area (Å²) < 4.78 is 21.7. The minimum absolute atomic E-state index is 0.614. The van der Waals surface area contributed by atoms with Gasteiger partial charge in [-0.1, -0.05) is 38.3 Å². The van der Waals surface area contributed by atoms with Gasteiger partial charge in [-0.05, 0) is 19.8 Å². The summed E-state index contributed by atoms with van der Waals surface area (Å²) in [5, 5.41) is 0. The third-order valence-electron chi connectivity index (χ3n) is 2.95. The number of hydrogen-bond acceptors (Lipinski definition) is 4. The van der Waals surface area contributed by atoms with Gasteiger partial charge in [0.2, 0.25) is 0 Å². The lowest BCUT2D eigenvalue weighted by atomic mass is 10.2. The fraction of sp³-hybridized carbons (Fsp3) is 0.882. The highest BCUT2D eigenvalue weighted by Gasteiger charge is 1.92. The highest BCUT2D eigenvalue weighted by molar-refractivity contribution is 4.97. The Morgan fingerprint density at radius 2 is 1.24 bits per heavy atom. The first-order chi connectivity index (χ1) is 10.3. The number of ether oxygens (including phenoxy) is 4. The van der Waals surface area contributed by atoms with Crippen molar-refractivity contribution < 1.29 is 18.9 Å². The molecule has 0 N–H and O–H groups in total. The van der Waals surface area contributed by atoms with Gasteiger partial charge in [-0.15, -0.1) is 0 Å². The highest BCUT2D eigenvalue weighted by Crippen LogP contribution is 2.02. The predicted molar refractivity (Wildman–Crippen MR) is 86.8 cm³/mol. The standard InChI is InChI=1S/C17H34O4/c1-4-6-9-18-11-13-20-15-16-21-14-12-19-10-8-17(3)7-5-2/h8H,4-7,9-16H2,1-3H3/b17-8+.